The lowest BCUT2D eigenvalue weighted by atomic mass is 9.97. The zero-order valence-electron chi connectivity index (χ0n) is 9.10. The third-order valence-corrected chi connectivity index (χ3v) is 2.49. The smallest absolute Gasteiger partial charge is 0.0417 e. The Labute approximate surface area is 78.8 Å². The summed E-state index contributed by atoms with van der Waals surface area (Å²) in [7, 11) is 0. The van der Waals surface area contributed by atoms with E-state index in [1.165, 1.54) is 44.9 Å². The highest BCUT2D eigenvalue weighted by Gasteiger charge is 2.00. The van der Waals surface area contributed by atoms with Gasteiger partial charge in [0.2, 0.25) is 0 Å². The molecule has 1 unspecified atom stereocenters. The van der Waals surface area contributed by atoms with E-state index in [-0.39, 0.29) is 0 Å². The van der Waals surface area contributed by atoms with Crippen LogP contribution in [0.15, 0.2) is 0 Å². The van der Waals surface area contributed by atoms with Crippen LogP contribution in [-0.2, 0) is 0 Å². The van der Waals surface area contributed by atoms with Gasteiger partial charge < -0.3 is 0 Å². The average Bonchev–Trinajstić information content (AvgIpc) is 2.09. The lowest BCUT2D eigenvalue weighted by Gasteiger charge is -2.09. The van der Waals surface area contributed by atoms with Gasteiger partial charge in [0.15, 0.2) is 0 Å². The van der Waals surface area contributed by atoms with Gasteiger partial charge in [-0.15, -0.1) is 0 Å². The Bertz CT molecular complexity index is 76.1. The Morgan fingerprint density at radius 2 is 1.75 bits per heavy atom. The number of unbranched alkanes of at least 4 members (excludes halogenated alkanes) is 4. The van der Waals surface area contributed by atoms with Crippen molar-refractivity contribution in [2.24, 2.45) is 5.92 Å². The van der Waals surface area contributed by atoms with Crippen molar-refractivity contribution in [2.75, 3.05) is 0 Å². The van der Waals surface area contributed by atoms with Crippen LogP contribution >= 0.6 is 0 Å². The van der Waals surface area contributed by atoms with Gasteiger partial charge in [-0.05, 0) is 12.3 Å². The predicted molar refractivity (Wildman–Crippen MR) is 57.1 cm³/mol. The number of hydrogen-bond donors (Lipinski definition) is 0. The molecule has 0 aromatic heterocycles. The lowest BCUT2D eigenvalue weighted by Crippen LogP contribution is -1.94. The van der Waals surface area contributed by atoms with Crippen LogP contribution in [0.2, 0.25) is 0 Å². The zero-order chi connectivity index (χ0) is 9.23. The normalized spacial score (nSPS) is 13.2. The molecule has 0 aromatic carbocycles. The van der Waals surface area contributed by atoms with Crippen LogP contribution in [0.5, 0.6) is 0 Å². The van der Waals surface area contributed by atoms with Crippen molar-refractivity contribution in [2.45, 2.75) is 65.7 Å². The summed E-state index contributed by atoms with van der Waals surface area (Å²) in [6, 6.07) is 0. The van der Waals surface area contributed by atoms with Crippen molar-refractivity contribution in [1.82, 2.24) is 0 Å². The van der Waals surface area contributed by atoms with Gasteiger partial charge in [0.1, 0.15) is 0 Å². The fourth-order valence-electron chi connectivity index (χ4n) is 1.54. The summed E-state index contributed by atoms with van der Waals surface area (Å²) in [5.41, 5.74) is 0. The zero-order valence-corrected chi connectivity index (χ0v) is 9.10. The van der Waals surface area contributed by atoms with Crippen molar-refractivity contribution in [3.63, 3.8) is 0 Å². The van der Waals surface area contributed by atoms with Crippen LogP contribution in [-0.4, -0.2) is 0 Å². The van der Waals surface area contributed by atoms with Gasteiger partial charge in [0, 0.05) is 0 Å². The van der Waals surface area contributed by atoms with Gasteiger partial charge in [-0.3, -0.25) is 0 Å². The second-order valence-electron chi connectivity index (χ2n) is 3.94. The summed E-state index contributed by atoms with van der Waals surface area (Å²) >= 11 is 0. The van der Waals surface area contributed by atoms with Crippen LogP contribution in [0.1, 0.15) is 65.7 Å². The van der Waals surface area contributed by atoms with E-state index < -0.39 is 0 Å². The molecular weight excluding hydrogens is 144 g/mol. The molecule has 0 aromatic rings. The van der Waals surface area contributed by atoms with Crippen LogP contribution in [0.4, 0.5) is 0 Å². The molecule has 0 heteroatoms. The van der Waals surface area contributed by atoms with E-state index in [0.717, 1.165) is 5.92 Å². The first kappa shape index (κ1) is 12.0. The molecule has 0 rings (SSSR count). The van der Waals surface area contributed by atoms with Crippen molar-refractivity contribution in [3.05, 3.63) is 6.42 Å². The van der Waals surface area contributed by atoms with E-state index in [0.29, 0.717) is 0 Å². The first-order valence-electron chi connectivity index (χ1n) is 5.59. The van der Waals surface area contributed by atoms with Crippen LogP contribution < -0.4 is 0 Å². The van der Waals surface area contributed by atoms with Crippen molar-refractivity contribution < 1.29 is 0 Å². The molecular formula is C12H25. The molecule has 1 atom stereocenters. The largest absolute Gasteiger partial charge is 0.0654 e. The Balaban J connectivity index is 3.02. The Hall–Kier alpha value is 0. The van der Waals surface area contributed by atoms with Crippen molar-refractivity contribution in [1.29, 1.82) is 0 Å². The monoisotopic (exact) mass is 169 g/mol. The number of rotatable bonds is 8. The molecule has 0 aliphatic heterocycles. The Kier molecular flexibility index (Phi) is 9.09. The maximum atomic E-state index is 2.39. The lowest BCUT2D eigenvalue weighted by molar-refractivity contribution is 0.449. The minimum absolute atomic E-state index is 0.960. The fraction of sp³-hybridized carbons (Fsp3) is 0.917. The molecule has 0 nitrogen and oxygen atoms in total. The van der Waals surface area contributed by atoms with Crippen LogP contribution in [0, 0.1) is 12.3 Å². The minimum Gasteiger partial charge on any atom is -0.0654 e. The number of hydrogen-bond acceptors (Lipinski definition) is 0. The minimum atomic E-state index is 0.960. The quantitative estimate of drug-likeness (QED) is 0.466. The van der Waals surface area contributed by atoms with E-state index in [4.69, 9.17) is 0 Å². The molecule has 0 aliphatic carbocycles. The maximum Gasteiger partial charge on any atom is -0.0417 e. The molecule has 73 valence electrons. The first-order valence-corrected chi connectivity index (χ1v) is 5.59. The van der Waals surface area contributed by atoms with Gasteiger partial charge in [0.05, 0.1) is 0 Å². The first-order chi connectivity index (χ1) is 5.81. The van der Waals surface area contributed by atoms with Crippen LogP contribution in [0.3, 0.4) is 0 Å². The molecule has 12 heavy (non-hydrogen) atoms. The molecule has 0 heterocycles. The van der Waals surface area contributed by atoms with E-state index in [1.54, 1.807) is 0 Å². The van der Waals surface area contributed by atoms with E-state index in [9.17, 15) is 0 Å². The molecule has 0 aliphatic rings. The summed E-state index contributed by atoms with van der Waals surface area (Å²) < 4.78 is 0. The molecule has 0 saturated heterocycles. The molecule has 0 N–H and O–H groups in total. The third-order valence-electron chi connectivity index (χ3n) is 2.49. The van der Waals surface area contributed by atoms with Crippen molar-refractivity contribution in [3.8, 4) is 0 Å². The molecule has 1 radical (unpaired) electrons. The Morgan fingerprint density at radius 3 is 2.33 bits per heavy atom. The molecule has 0 saturated carbocycles. The summed E-state index contributed by atoms with van der Waals surface area (Å²) in [6.45, 7) is 6.82. The maximum absolute atomic E-state index is 2.39. The fourth-order valence-corrected chi connectivity index (χ4v) is 1.54. The second-order valence-corrected chi connectivity index (χ2v) is 3.94. The Morgan fingerprint density at radius 1 is 1.08 bits per heavy atom. The third kappa shape index (κ3) is 8.10. The van der Waals surface area contributed by atoms with Crippen molar-refractivity contribution >= 4 is 0 Å². The molecule has 0 spiro atoms. The summed E-state index contributed by atoms with van der Waals surface area (Å²) in [5, 5.41) is 0. The van der Waals surface area contributed by atoms with E-state index in [1.807, 2.05) is 0 Å². The summed E-state index contributed by atoms with van der Waals surface area (Å²) in [6.07, 6.45) is 12.0. The van der Waals surface area contributed by atoms with Crippen LogP contribution in [0.25, 0.3) is 0 Å². The molecule has 0 fully saturated rings. The van der Waals surface area contributed by atoms with E-state index >= 15 is 0 Å². The second kappa shape index (κ2) is 9.09. The highest BCUT2D eigenvalue weighted by atomic mass is 14.1. The highest BCUT2D eigenvalue weighted by molar-refractivity contribution is 4.58. The molecule has 0 bridgehead atoms. The van der Waals surface area contributed by atoms with Gasteiger partial charge in [0.25, 0.3) is 0 Å². The van der Waals surface area contributed by atoms with E-state index in [2.05, 4.69) is 27.2 Å². The average molecular weight is 169 g/mol. The SMILES string of the molecule is C[CH]CCCCC(C)CCCC. The van der Waals surface area contributed by atoms with Gasteiger partial charge >= 0.3 is 0 Å². The standard InChI is InChI=1S/C12H25/c1-4-6-8-9-11-12(3)10-7-5-2/h4,12H,5-11H2,1-3H3. The molecule has 0 amide bonds. The predicted octanol–water partition coefficient (Wildman–Crippen LogP) is 4.60. The van der Waals surface area contributed by atoms with Gasteiger partial charge in [-0.1, -0.05) is 65.7 Å². The summed E-state index contributed by atoms with van der Waals surface area (Å²) in [4.78, 5) is 0. The topological polar surface area (TPSA) is 0 Å². The van der Waals surface area contributed by atoms with Gasteiger partial charge in [-0.2, -0.15) is 0 Å². The highest BCUT2D eigenvalue weighted by Crippen LogP contribution is 2.15. The summed E-state index contributed by atoms with van der Waals surface area (Å²) in [5.74, 6) is 0.960. The van der Waals surface area contributed by atoms with Gasteiger partial charge in [-0.25, -0.2) is 0 Å².